The predicted molar refractivity (Wildman–Crippen MR) is 128 cm³/mol. The Morgan fingerprint density at radius 2 is 1.75 bits per heavy atom. The van der Waals surface area contributed by atoms with Crippen LogP contribution in [0.2, 0.25) is 0 Å². The van der Waals surface area contributed by atoms with Gasteiger partial charge in [-0.25, -0.2) is 0 Å². The van der Waals surface area contributed by atoms with Crippen molar-refractivity contribution in [1.82, 2.24) is 0 Å². The Hall–Kier alpha value is -1.65. The van der Waals surface area contributed by atoms with E-state index >= 15 is 0 Å². The van der Waals surface area contributed by atoms with Gasteiger partial charge in [0.15, 0.2) is 0 Å². The van der Waals surface area contributed by atoms with Gasteiger partial charge < -0.3 is 9.47 Å². The van der Waals surface area contributed by atoms with Crippen molar-refractivity contribution in [2.24, 2.45) is 22.7 Å². The number of ketones is 1. The first-order valence-corrected chi connectivity index (χ1v) is 12.6. The van der Waals surface area contributed by atoms with E-state index in [0.29, 0.717) is 19.4 Å². The minimum absolute atomic E-state index is 0.0313. The molecule has 32 heavy (non-hydrogen) atoms. The fraction of sp³-hybridized carbons (Fsp3) is 0.815. The lowest BCUT2D eigenvalue weighted by Gasteiger charge is -2.37. The zero-order chi connectivity index (χ0) is 24.4. The molecular formula is C27H46O5. The highest BCUT2D eigenvalue weighted by Gasteiger charge is 2.50. The third kappa shape index (κ3) is 7.18. The van der Waals surface area contributed by atoms with Gasteiger partial charge >= 0.3 is 11.9 Å². The number of rotatable bonds is 9. The van der Waals surface area contributed by atoms with Crippen molar-refractivity contribution in [3.63, 3.8) is 0 Å². The van der Waals surface area contributed by atoms with Crippen LogP contribution in [-0.4, -0.2) is 31.4 Å². The van der Waals surface area contributed by atoms with E-state index < -0.39 is 5.41 Å². The fourth-order valence-corrected chi connectivity index (χ4v) is 5.26. The van der Waals surface area contributed by atoms with Gasteiger partial charge in [-0.05, 0) is 51.4 Å². The summed E-state index contributed by atoms with van der Waals surface area (Å²) in [6.45, 7) is 12.8. The van der Waals surface area contributed by atoms with E-state index in [0.717, 1.165) is 38.5 Å². The molecule has 0 saturated heterocycles. The molecule has 3 atom stereocenters. The lowest BCUT2D eigenvalue weighted by atomic mass is 9.68. The smallest absolute Gasteiger partial charge is 0.313 e. The second kappa shape index (κ2) is 13.2. The number of ether oxygens (including phenoxy) is 2. The van der Waals surface area contributed by atoms with Gasteiger partial charge in [0.2, 0.25) is 0 Å². The molecule has 0 aliphatic heterocycles. The quantitative estimate of drug-likeness (QED) is 0.230. The molecule has 0 aromatic heterocycles. The van der Waals surface area contributed by atoms with E-state index in [9.17, 15) is 14.4 Å². The maximum atomic E-state index is 11.9. The van der Waals surface area contributed by atoms with Gasteiger partial charge in [-0.1, -0.05) is 65.0 Å². The van der Waals surface area contributed by atoms with Gasteiger partial charge in [0.05, 0.1) is 25.0 Å². The lowest BCUT2D eigenvalue weighted by molar-refractivity contribution is -0.155. The standard InChI is InChI=1S/C14H24O3.C13H22O2/c1-4-5-6-7-8-11-12(15)9-10-14(11,2)13(16)17-3;1-5-10-8-7-9-13(3,4)11(10)12(14)15-6-2/h11H,4-10H2,1-3H3;8,11H,5-7,9H2,1-4H3. The number of unbranched alkanes of at least 4 members (excludes halogenated alkanes) is 3. The van der Waals surface area contributed by atoms with E-state index in [1.165, 1.54) is 25.5 Å². The SMILES string of the molecule is CCCCCCC1C(=O)CCC1(C)C(=O)OC.CCOC(=O)C1C(CC)=CCCC1(C)C. The molecular weight excluding hydrogens is 404 g/mol. The number of Topliss-reactive ketones (excluding diaryl/α,β-unsaturated/α-hetero) is 1. The molecule has 0 aromatic rings. The first-order valence-electron chi connectivity index (χ1n) is 12.6. The van der Waals surface area contributed by atoms with Crippen molar-refractivity contribution in [3.05, 3.63) is 11.6 Å². The summed E-state index contributed by atoms with van der Waals surface area (Å²) in [5.41, 5.74) is 0.731. The van der Waals surface area contributed by atoms with Gasteiger partial charge in [-0.15, -0.1) is 0 Å². The number of methoxy groups -OCH3 is 1. The van der Waals surface area contributed by atoms with Crippen LogP contribution in [0.3, 0.4) is 0 Å². The normalized spacial score (nSPS) is 26.6. The summed E-state index contributed by atoms with van der Waals surface area (Å²) in [5.74, 6) is -0.170. The third-order valence-corrected chi connectivity index (χ3v) is 7.32. The monoisotopic (exact) mass is 450 g/mol. The predicted octanol–water partition coefficient (Wildman–Crippen LogP) is 6.44. The topological polar surface area (TPSA) is 69.7 Å². The van der Waals surface area contributed by atoms with Crippen molar-refractivity contribution >= 4 is 17.7 Å². The number of esters is 2. The van der Waals surface area contributed by atoms with Gasteiger partial charge in [-0.3, -0.25) is 14.4 Å². The number of carbonyl (C=O) groups is 3. The molecule has 2 rings (SSSR count). The van der Waals surface area contributed by atoms with Crippen LogP contribution in [0, 0.1) is 22.7 Å². The first kappa shape index (κ1) is 28.4. The highest BCUT2D eigenvalue weighted by molar-refractivity contribution is 5.92. The number of allylic oxidation sites excluding steroid dienone is 1. The molecule has 1 saturated carbocycles. The highest BCUT2D eigenvalue weighted by atomic mass is 16.5. The molecule has 5 nitrogen and oxygen atoms in total. The van der Waals surface area contributed by atoms with Gasteiger partial charge in [-0.2, -0.15) is 0 Å². The zero-order valence-electron chi connectivity index (χ0n) is 21.6. The molecule has 3 unspecified atom stereocenters. The van der Waals surface area contributed by atoms with Gasteiger partial charge in [0.1, 0.15) is 5.78 Å². The van der Waals surface area contributed by atoms with Crippen molar-refractivity contribution in [2.45, 2.75) is 106 Å². The molecule has 2 aliphatic rings. The van der Waals surface area contributed by atoms with Gasteiger partial charge in [0.25, 0.3) is 0 Å². The first-order chi connectivity index (χ1) is 15.1. The minimum Gasteiger partial charge on any atom is -0.469 e. The average Bonchev–Trinajstić information content (AvgIpc) is 3.05. The maximum Gasteiger partial charge on any atom is 0.313 e. The summed E-state index contributed by atoms with van der Waals surface area (Å²) in [6, 6.07) is 0. The summed E-state index contributed by atoms with van der Waals surface area (Å²) in [4.78, 5) is 35.6. The number of carbonyl (C=O) groups excluding carboxylic acids is 3. The van der Waals surface area contributed by atoms with Crippen LogP contribution < -0.4 is 0 Å². The highest BCUT2D eigenvalue weighted by Crippen LogP contribution is 2.44. The average molecular weight is 451 g/mol. The summed E-state index contributed by atoms with van der Waals surface area (Å²) in [7, 11) is 1.41. The number of hydrogen-bond donors (Lipinski definition) is 0. The summed E-state index contributed by atoms with van der Waals surface area (Å²) >= 11 is 0. The third-order valence-electron chi connectivity index (χ3n) is 7.32. The molecule has 0 amide bonds. The van der Waals surface area contributed by atoms with E-state index in [4.69, 9.17) is 9.47 Å². The Balaban J connectivity index is 0.000000323. The Morgan fingerprint density at radius 1 is 1.06 bits per heavy atom. The van der Waals surface area contributed by atoms with Gasteiger partial charge in [0, 0.05) is 12.3 Å². The van der Waals surface area contributed by atoms with E-state index in [2.05, 4.69) is 33.8 Å². The van der Waals surface area contributed by atoms with Crippen LogP contribution in [-0.2, 0) is 23.9 Å². The minimum atomic E-state index is -0.571. The Morgan fingerprint density at radius 3 is 2.31 bits per heavy atom. The molecule has 184 valence electrons. The van der Waals surface area contributed by atoms with Crippen molar-refractivity contribution in [3.8, 4) is 0 Å². The summed E-state index contributed by atoms with van der Waals surface area (Å²) < 4.78 is 10.0. The van der Waals surface area contributed by atoms with Crippen molar-refractivity contribution in [1.29, 1.82) is 0 Å². The second-order valence-corrected chi connectivity index (χ2v) is 10.1. The maximum absolute atomic E-state index is 11.9. The molecule has 0 N–H and O–H groups in total. The Labute approximate surface area is 195 Å². The lowest BCUT2D eigenvalue weighted by Crippen LogP contribution is -2.36. The van der Waals surface area contributed by atoms with Crippen LogP contribution in [0.4, 0.5) is 0 Å². The summed E-state index contributed by atoms with van der Waals surface area (Å²) in [5, 5.41) is 0. The zero-order valence-corrected chi connectivity index (χ0v) is 21.6. The van der Waals surface area contributed by atoms with Crippen LogP contribution >= 0.6 is 0 Å². The molecule has 0 spiro atoms. The fourth-order valence-electron chi connectivity index (χ4n) is 5.26. The molecule has 5 heteroatoms. The molecule has 0 radical (unpaired) electrons. The largest absolute Gasteiger partial charge is 0.469 e. The van der Waals surface area contributed by atoms with Crippen LogP contribution in [0.5, 0.6) is 0 Å². The van der Waals surface area contributed by atoms with Crippen LogP contribution in [0.15, 0.2) is 11.6 Å². The molecule has 2 aliphatic carbocycles. The van der Waals surface area contributed by atoms with Crippen molar-refractivity contribution in [2.75, 3.05) is 13.7 Å². The van der Waals surface area contributed by atoms with Crippen molar-refractivity contribution < 1.29 is 23.9 Å². The number of hydrogen-bond acceptors (Lipinski definition) is 5. The Bertz CT molecular complexity index is 663. The second-order valence-electron chi connectivity index (χ2n) is 10.1. The van der Waals surface area contributed by atoms with E-state index in [-0.39, 0.29) is 35.0 Å². The van der Waals surface area contributed by atoms with Crippen LogP contribution in [0.25, 0.3) is 0 Å². The molecule has 0 aromatic carbocycles. The van der Waals surface area contributed by atoms with Crippen LogP contribution in [0.1, 0.15) is 106 Å². The van der Waals surface area contributed by atoms with E-state index in [1.807, 2.05) is 13.8 Å². The van der Waals surface area contributed by atoms with E-state index in [1.54, 1.807) is 0 Å². The molecule has 1 fully saturated rings. The Kier molecular flexibility index (Phi) is 11.7. The molecule has 0 heterocycles. The molecule has 0 bridgehead atoms. The summed E-state index contributed by atoms with van der Waals surface area (Å²) in [6.07, 6.45) is 11.9.